The van der Waals surface area contributed by atoms with Crippen molar-refractivity contribution in [1.82, 2.24) is 4.90 Å². The average Bonchev–Trinajstić information content (AvgIpc) is 2.48. The molecule has 1 aliphatic carbocycles. The summed E-state index contributed by atoms with van der Waals surface area (Å²) in [5, 5.41) is 1.33. The molecule has 0 spiro atoms. The van der Waals surface area contributed by atoms with Crippen LogP contribution < -0.4 is 0 Å². The normalized spacial score (nSPS) is 18.0. The molecule has 2 rings (SSSR count). The number of halogens is 2. The number of thiol groups is 1. The van der Waals surface area contributed by atoms with Crippen LogP contribution >= 0.6 is 35.8 Å². The van der Waals surface area contributed by atoms with Crippen LogP contribution in [-0.4, -0.2) is 29.8 Å². The van der Waals surface area contributed by atoms with E-state index in [2.05, 4.69) is 43.5 Å². The second-order valence-corrected chi connectivity index (χ2v) is 7.96. The summed E-state index contributed by atoms with van der Waals surface area (Å²) in [7, 11) is 0. The Morgan fingerprint density at radius 3 is 2.22 bits per heavy atom. The second kappa shape index (κ2) is 8.99. The Morgan fingerprint density at radius 1 is 1.13 bits per heavy atom. The van der Waals surface area contributed by atoms with Crippen LogP contribution in [0.3, 0.4) is 0 Å². The Bertz CT molecular complexity index is 496. The molecule has 0 bridgehead atoms. The monoisotopic (exact) mass is 373 g/mol. The summed E-state index contributed by atoms with van der Waals surface area (Å²) < 4.78 is 0. The maximum Gasteiger partial charge on any atom is 0.0595 e. The van der Waals surface area contributed by atoms with Crippen molar-refractivity contribution in [3.8, 4) is 0 Å². The first-order chi connectivity index (χ1) is 11.1. The Kier molecular flexibility index (Phi) is 7.59. The molecule has 1 saturated carbocycles. The highest BCUT2D eigenvalue weighted by atomic mass is 35.5. The lowest BCUT2D eigenvalue weighted by Crippen LogP contribution is -2.55. The highest BCUT2D eigenvalue weighted by Crippen LogP contribution is 2.50. The van der Waals surface area contributed by atoms with E-state index in [-0.39, 0.29) is 5.41 Å². The lowest BCUT2D eigenvalue weighted by Gasteiger charge is -2.52. The van der Waals surface area contributed by atoms with Crippen LogP contribution in [0.25, 0.3) is 0 Å². The molecular weight excluding hydrogens is 345 g/mol. The van der Waals surface area contributed by atoms with E-state index in [0.717, 1.165) is 25.3 Å². The highest BCUT2D eigenvalue weighted by molar-refractivity contribution is 7.80. The van der Waals surface area contributed by atoms with Gasteiger partial charge in [0.05, 0.1) is 10.0 Å². The molecule has 1 aliphatic rings. The highest BCUT2D eigenvalue weighted by Gasteiger charge is 2.47. The van der Waals surface area contributed by atoms with Gasteiger partial charge in [-0.2, -0.15) is 12.6 Å². The minimum absolute atomic E-state index is 0.224. The van der Waals surface area contributed by atoms with Crippen LogP contribution in [0.5, 0.6) is 0 Å². The van der Waals surface area contributed by atoms with Gasteiger partial charge in [0.25, 0.3) is 0 Å². The predicted octanol–water partition coefficient (Wildman–Crippen LogP) is 6.23. The molecule has 23 heavy (non-hydrogen) atoms. The van der Waals surface area contributed by atoms with E-state index >= 15 is 0 Å². The van der Waals surface area contributed by atoms with Gasteiger partial charge in [-0.15, -0.1) is 0 Å². The number of rotatable bonds is 9. The molecule has 0 radical (unpaired) electrons. The summed E-state index contributed by atoms with van der Waals surface area (Å²) in [6.07, 6.45) is 7.31. The summed E-state index contributed by atoms with van der Waals surface area (Å²) in [5.41, 5.74) is 1.59. The zero-order valence-corrected chi connectivity index (χ0v) is 16.7. The first-order valence-corrected chi connectivity index (χ1v) is 10.3. The van der Waals surface area contributed by atoms with Gasteiger partial charge in [0, 0.05) is 11.5 Å². The molecule has 0 N–H and O–H groups in total. The fraction of sp³-hybridized carbons (Fsp3) is 0.684. The van der Waals surface area contributed by atoms with Gasteiger partial charge in [0.1, 0.15) is 0 Å². The van der Waals surface area contributed by atoms with Gasteiger partial charge in [-0.1, -0.05) is 49.5 Å². The third-order valence-electron chi connectivity index (χ3n) is 5.24. The van der Waals surface area contributed by atoms with E-state index in [0.29, 0.717) is 16.1 Å². The standard InChI is InChI=1S/C19H29Cl2NS/c1-3-11-22(12-4-2)18(8-13-23)19(9-5-10-19)15-6-7-16(20)17(21)14-15/h6-7,14,18,23H,3-5,8-13H2,1-2H3. The molecule has 0 aliphatic heterocycles. The molecule has 130 valence electrons. The number of hydrogen-bond acceptors (Lipinski definition) is 2. The molecular formula is C19H29Cl2NS. The van der Waals surface area contributed by atoms with Crippen LogP contribution in [-0.2, 0) is 5.41 Å². The maximum atomic E-state index is 6.32. The lowest BCUT2D eigenvalue weighted by atomic mass is 9.59. The van der Waals surface area contributed by atoms with Gasteiger partial charge in [0.2, 0.25) is 0 Å². The first-order valence-electron chi connectivity index (χ1n) is 8.89. The Hall–Kier alpha value is 0.110. The zero-order valence-electron chi connectivity index (χ0n) is 14.3. The van der Waals surface area contributed by atoms with E-state index < -0.39 is 0 Å². The van der Waals surface area contributed by atoms with Crippen molar-refractivity contribution in [3.05, 3.63) is 33.8 Å². The van der Waals surface area contributed by atoms with E-state index in [1.165, 1.54) is 37.7 Å². The van der Waals surface area contributed by atoms with Gasteiger partial charge >= 0.3 is 0 Å². The molecule has 1 fully saturated rings. The summed E-state index contributed by atoms with van der Waals surface area (Å²) in [5.74, 6) is 0.928. The van der Waals surface area contributed by atoms with E-state index in [4.69, 9.17) is 23.2 Å². The molecule has 1 aromatic carbocycles. The SMILES string of the molecule is CCCN(CCC)C(CCS)C1(c2ccc(Cl)c(Cl)c2)CCC1. The van der Waals surface area contributed by atoms with Crippen LogP contribution in [0.15, 0.2) is 18.2 Å². The lowest BCUT2D eigenvalue weighted by molar-refractivity contribution is 0.0588. The minimum Gasteiger partial charge on any atom is -0.299 e. The van der Waals surface area contributed by atoms with Gasteiger partial charge in [-0.05, 0) is 68.6 Å². The quantitative estimate of drug-likeness (QED) is 0.502. The number of benzene rings is 1. The molecule has 1 nitrogen and oxygen atoms in total. The smallest absolute Gasteiger partial charge is 0.0595 e. The fourth-order valence-corrected chi connectivity index (χ4v) is 4.65. The van der Waals surface area contributed by atoms with Crippen LogP contribution in [0.4, 0.5) is 0 Å². The topological polar surface area (TPSA) is 3.24 Å². The predicted molar refractivity (Wildman–Crippen MR) is 106 cm³/mol. The fourth-order valence-electron chi connectivity index (χ4n) is 4.11. The van der Waals surface area contributed by atoms with E-state index in [1.807, 2.05) is 6.07 Å². The largest absolute Gasteiger partial charge is 0.299 e. The second-order valence-electron chi connectivity index (χ2n) is 6.70. The average molecular weight is 374 g/mol. The van der Waals surface area contributed by atoms with E-state index in [9.17, 15) is 0 Å². The van der Waals surface area contributed by atoms with Crippen molar-refractivity contribution in [1.29, 1.82) is 0 Å². The summed E-state index contributed by atoms with van der Waals surface area (Å²) in [6, 6.07) is 6.80. The molecule has 1 aromatic rings. The van der Waals surface area contributed by atoms with E-state index in [1.54, 1.807) is 0 Å². The Labute approximate surface area is 157 Å². The first kappa shape index (κ1) is 19.4. The van der Waals surface area contributed by atoms with Crippen molar-refractivity contribution >= 4 is 35.8 Å². The maximum absolute atomic E-state index is 6.32. The molecule has 0 amide bonds. The van der Waals surface area contributed by atoms with Gasteiger partial charge in [-0.3, -0.25) is 4.90 Å². The Balaban J connectivity index is 2.37. The van der Waals surface area contributed by atoms with Crippen LogP contribution in [0.2, 0.25) is 10.0 Å². The van der Waals surface area contributed by atoms with Crippen molar-refractivity contribution in [2.75, 3.05) is 18.8 Å². The third kappa shape index (κ3) is 4.21. The summed E-state index contributed by atoms with van der Waals surface area (Å²) >= 11 is 17.0. The zero-order chi connectivity index (χ0) is 16.9. The van der Waals surface area contributed by atoms with Crippen molar-refractivity contribution < 1.29 is 0 Å². The van der Waals surface area contributed by atoms with Crippen LogP contribution in [0, 0.1) is 0 Å². The number of hydrogen-bond donors (Lipinski definition) is 1. The molecule has 0 saturated heterocycles. The van der Waals surface area contributed by atoms with Crippen molar-refractivity contribution in [3.63, 3.8) is 0 Å². The third-order valence-corrected chi connectivity index (χ3v) is 6.24. The minimum atomic E-state index is 0.224. The summed E-state index contributed by atoms with van der Waals surface area (Å²) in [6.45, 7) is 6.87. The van der Waals surface area contributed by atoms with Crippen LogP contribution in [0.1, 0.15) is 57.9 Å². The van der Waals surface area contributed by atoms with Gasteiger partial charge in [0.15, 0.2) is 0 Å². The molecule has 4 heteroatoms. The molecule has 1 unspecified atom stereocenters. The molecule has 0 aromatic heterocycles. The Morgan fingerprint density at radius 2 is 1.78 bits per heavy atom. The number of nitrogens with zero attached hydrogens (tertiary/aromatic N) is 1. The van der Waals surface area contributed by atoms with Gasteiger partial charge < -0.3 is 0 Å². The van der Waals surface area contributed by atoms with Crippen molar-refractivity contribution in [2.24, 2.45) is 0 Å². The van der Waals surface area contributed by atoms with Crippen molar-refractivity contribution in [2.45, 2.75) is 63.8 Å². The van der Waals surface area contributed by atoms with Gasteiger partial charge in [-0.25, -0.2) is 0 Å². The molecule has 1 atom stereocenters. The summed E-state index contributed by atoms with van der Waals surface area (Å²) in [4.78, 5) is 2.69. The molecule has 0 heterocycles.